The molecule has 1 aliphatic rings. The van der Waals surface area contributed by atoms with E-state index in [2.05, 4.69) is 70.6 Å². The Bertz CT molecular complexity index is 1700. The van der Waals surface area contributed by atoms with Crippen molar-refractivity contribution >= 4 is 22.7 Å². The summed E-state index contributed by atoms with van der Waals surface area (Å²) in [5.41, 5.74) is 7.33. The Kier molecular flexibility index (Phi) is 7.13. The van der Waals surface area contributed by atoms with Crippen LogP contribution in [0.15, 0.2) is 83.9 Å². The van der Waals surface area contributed by atoms with Gasteiger partial charge in [-0.2, -0.15) is 4.98 Å². The molecule has 0 radical (unpaired) electrons. The number of aryl methyl sites for hydroxylation is 2. The molecule has 0 aliphatic carbocycles. The number of piperidine rings is 1. The van der Waals surface area contributed by atoms with Gasteiger partial charge in [-0.1, -0.05) is 42.5 Å². The summed E-state index contributed by atoms with van der Waals surface area (Å²) in [6.45, 7) is 6.82. The van der Waals surface area contributed by atoms with Crippen LogP contribution in [0.5, 0.6) is 0 Å². The molecule has 0 amide bonds. The average Bonchev–Trinajstić information content (AvgIpc) is 2.98. The zero-order chi connectivity index (χ0) is 27.6. The molecule has 0 spiro atoms. The van der Waals surface area contributed by atoms with E-state index in [1.54, 1.807) is 17.0 Å². The van der Waals surface area contributed by atoms with Gasteiger partial charge in [0.1, 0.15) is 5.65 Å². The van der Waals surface area contributed by atoms with E-state index in [4.69, 9.17) is 4.98 Å². The molecule has 7 heteroatoms. The number of nitrogens with one attached hydrogen (secondary N) is 1. The summed E-state index contributed by atoms with van der Waals surface area (Å²) >= 11 is 0. The van der Waals surface area contributed by atoms with Crippen LogP contribution in [0.1, 0.15) is 36.8 Å². The van der Waals surface area contributed by atoms with Crippen molar-refractivity contribution in [2.24, 2.45) is 0 Å². The number of nitrogens with zero attached hydrogens (tertiary/aromatic N) is 5. The molecule has 2 aromatic carbocycles. The largest absolute Gasteiger partial charge is 0.324 e. The molecule has 1 N–H and O–H groups in total. The summed E-state index contributed by atoms with van der Waals surface area (Å²) in [4.78, 5) is 29.9. The highest BCUT2D eigenvalue weighted by molar-refractivity contribution is 5.82. The SMILES string of the molecule is CCn1c(=O)c(-c2ccc(-c3ccccc3C)nc2)cc2cnc(Nc3ccc(C4CCN(C)CC4)cc3)nc21. The average molecular weight is 531 g/mol. The first kappa shape index (κ1) is 25.9. The standard InChI is InChI=1S/C33H34N6O/c1-4-39-31-26(19-29(32(39)40)25-11-14-30(34-20-25)28-8-6-5-7-22(28)2)21-35-33(37-31)36-27-12-9-23(10-13-27)24-15-17-38(3)18-16-24/h5-14,19-21,24H,4,15-18H2,1-3H3,(H,35,36,37). The molecule has 7 nitrogen and oxygen atoms in total. The first-order chi connectivity index (χ1) is 19.5. The fourth-order valence-corrected chi connectivity index (χ4v) is 5.60. The molecule has 1 aliphatic heterocycles. The van der Waals surface area contributed by atoms with E-state index < -0.39 is 0 Å². The first-order valence-corrected chi connectivity index (χ1v) is 14.0. The molecule has 1 fully saturated rings. The van der Waals surface area contributed by atoms with Crippen molar-refractivity contribution < 1.29 is 0 Å². The zero-order valence-electron chi connectivity index (χ0n) is 23.3. The third kappa shape index (κ3) is 5.12. The predicted molar refractivity (Wildman–Crippen MR) is 162 cm³/mol. The number of rotatable bonds is 6. The monoisotopic (exact) mass is 530 g/mol. The molecule has 3 aromatic heterocycles. The van der Waals surface area contributed by atoms with Crippen LogP contribution in [0.2, 0.25) is 0 Å². The van der Waals surface area contributed by atoms with Gasteiger partial charge in [0, 0.05) is 46.7 Å². The van der Waals surface area contributed by atoms with Crippen molar-refractivity contribution in [1.29, 1.82) is 0 Å². The van der Waals surface area contributed by atoms with E-state index in [0.29, 0.717) is 29.6 Å². The van der Waals surface area contributed by atoms with Gasteiger partial charge in [-0.15, -0.1) is 0 Å². The second-order valence-electron chi connectivity index (χ2n) is 10.7. The lowest BCUT2D eigenvalue weighted by atomic mass is 9.89. The number of benzene rings is 2. The van der Waals surface area contributed by atoms with Gasteiger partial charge in [-0.05, 0) is 88.1 Å². The van der Waals surface area contributed by atoms with E-state index in [1.807, 2.05) is 37.3 Å². The van der Waals surface area contributed by atoms with Crippen molar-refractivity contribution in [2.45, 2.75) is 39.2 Å². The fourth-order valence-electron chi connectivity index (χ4n) is 5.60. The van der Waals surface area contributed by atoms with E-state index in [1.165, 1.54) is 18.4 Å². The van der Waals surface area contributed by atoms with Crippen LogP contribution in [0.4, 0.5) is 11.6 Å². The van der Waals surface area contributed by atoms with Crippen LogP contribution in [0.3, 0.4) is 0 Å². The lowest BCUT2D eigenvalue weighted by Gasteiger charge is -2.29. The number of likely N-dealkylation sites (tertiary alicyclic amines) is 1. The topological polar surface area (TPSA) is 75.9 Å². The molecular formula is C33H34N6O. The minimum atomic E-state index is -0.0902. The number of fused-ring (bicyclic) bond motifs is 1. The molecule has 4 heterocycles. The molecule has 0 atom stereocenters. The van der Waals surface area contributed by atoms with Gasteiger partial charge in [0.15, 0.2) is 0 Å². The summed E-state index contributed by atoms with van der Waals surface area (Å²) < 4.78 is 1.70. The van der Waals surface area contributed by atoms with Gasteiger partial charge in [0.25, 0.3) is 5.56 Å². The van der Waals surface area contributed by atoms with E-state index in [-0.39, 0.29) is 5.56 Å². The Balaban J connectivity index is 1.26. The normalized spacial score (nSPS) is 14.5. The van der Waals surface area contributed by atoms with E-state index in [0.717, 1.165) is 46.5 Å². The molecule has 5 aromatic rings. The van der Waals surface area contributed by atoms with Crippen LogP contribution in [-0.4, -0.2) is 44.6 Å². The van der Waals surface area contributed by atoms with Gasteiger partial charge in [0.2, 0.25) is 5.95 Å². The van der Waals surface area contributed by atoms with Crippen molar-refractivity contribution in [2.75, 3.05) is 25.5 Å². The Morgan fingerprint density at radius 2 is 1.70 bits per heavy atom. The minimum absolute atomic E-state index is 0.0902. The Morgan fingerprint density at radius 1 is 0.925 bits per heavy atom. The van der Waals surface area contributed by atoms with Crippen LogP contribution in [-0.2, 0) is 6.54 Å². The van der Waals surface area contributed by atoms with Crippen LogP contribution in [0.25, 0.3) is 33.4 Å². The molecule has 40 heavy (non-hydrogen) atoms. The van der Waals surface area contributed by atoms with Crippen molar-refractivity contribution in [3.8, 4) is 22.4 Å². The van der Waals surface area contributed by atoms with Crippen LogP contribution >= 0.6 is 0 Å². The molecule has 0 saturated carbocycles. The van der Waals surface area contributed by atoms with Gasteiger partial charge < -0.3 is 10.2 Å². The quantitative estimate of drug-likeness (QED) is 0.274. The Labute approximate surface area is 234 Å². The molecule has 0 bridgehead atoms. The predicted octanol–water partition coefficient (Wildman–Crippen LogP) is 6.40. The fraction of sp³-hybridized carbons (Fsp3) is 0.273. The lowest BCUT2D eigenvalue weighted by molar-refractivity contribution is 0.255. The van der Waals surface area contributed by atoms with Crippen molar-refractivity contribution in [1.82, 2.24) is 24.4 Å². The summed E-state index contributed by atoms with van der Waals surface area (Å²) in [6.07, 6.45) is 5.94. The number of aromatic nitrogens is 4. The number of hydrogen-bond acceptors (Lipinski definition) is 6. The molecule has 202 valence electrons. The van der Waals surface area contributed by atoms with Crippen molar-refractivity contribution in [3.63, 3.8) is 0 Å². The number of anilines is 2. The van der Waals surface area contributed by atoms with E-state index in [9.17, 15) is 4.79 Å². The van der Waals surface area contributed by atoms with Crippen LogP contribution in [0, 0.1) is 6.92 Å². The summed E-state index contributed by atoms with van der Waals surface area (Å²) in [6, 6.07) is 22.5. The number of hydrogen-bond donors (Lipinski definition) is 1. The van der Waals surface area contributed by atoms with Gasteiger partial charge in [-0.25, -0.2) is 4.98 Å². The maximum atomic E-state index is 13.6. The highest BCUT2D eigenvalue weighted by Gasteiger charge is 2.18. The molecule has 0 unspecified atom stereocenters. The van der Waals surface area contributed by atoms with Crippen molar-refractivity contribution in [3.05, 3.63) is 101 Å². The first-order valence-electron chi connectivity index (χ1n) is 14.0. The molecular weight excluding hydrogens is 496 g/mol. The lowest BCUT2D eigenvalue weighted by Crippen LogP contribution is -2.29. The molecule has 1 saturated heterocycles. The Morgan fingerprint density at radius 3 is 2.40 bits per heavy atom. The Hall–Kier alpha value is -4.36. The van der Waals surface area contributed by atoms with E-state index >= 15 is 0 Å². The second kappa shape index (κ2) is 11.0. The smallest absolute Gasteiger partial charge is 0.260 e. The zero-order valence-corrected chi connectivity index (χ0v) is 23.3. The van der Waals surface area contributed by atoms with Gasteiger partial charge in [0.05, 0.1) is 5.69 Å². The summed E-state index contributed by atoms with van der Waals surface area (Å²) in [5, 5.41) is 4.13. The van der Waals surface area contributed by atoms with Gasteiger partial charge >= 0.3 is 0 Å². The summed E-state index contributed by atoms with van der Waals surface area (Å²) in [5.74, 6) is 1.09. The molecule has 6 rings (SSSR count). The maximum absolute atomic E-state index is 13.6. The highest BCUT2D eigenvalue weighted by Crippen LogP contribution is 2.29. The third-order valence-electron chi connectivity index (χ3n) is 8.00. The number of pyridine rings is 2. The summed E-state index contributed by atoms with van der Waals surface area (Å²) in [7, 11) is 2.19. The van der Waals surface area contributed by atoms with Crippen LogP contribution < -0.4 is 10.9 Å². The third-order valence-corrected chi connectivity index (χ3v) is 8.00. The highest BCUT2D eigenvalue weighted by atomic mass is 16.1. The maximum Gasteiger partial charge on any atom is 0.260 e. The minimum Gasteiger partial charge on any atom is -0.324 e. The second-order valence-corrected chi connectivity index (χ2v) is 10.7. The van der Waals surface area contributed by atoms with Gasteiger partial charge in [-0.3, -0.25) is 14.3 Å².